The zero-order chi connectivity index (χ0) is 11.7. The molecule has 0 N–H and O–H groups in total. The van der Waals surface area contributed by atoms with E-state index in [1.165, 1.54) is 0 Å². The molecular weight excluding hydrogens is 230 g/mol. The summed E-state index contributed by atoms with van der Waals surface area (Å²) < 4.78 is 28.7. The second kappa shape index (κ2) is 4.20. The largest absolute Gasteiger partial charge is 0.381 e. The lowest BCUT2D eigenvalue weighted by atomic mass is 9.96. The van der Waals surface area contributed by atoms with Gasteiger partial charge in [0.2, 0.25) is 0 Å². The molecule has 0 unspecified atom stereocenters. The fourth-order valence-corrected chi connectivity index (χ4v) is 1.77. The Bertz CT molecular complexity index is 408. The van der Waals surface area contributed by atoms with Crippen LogP contribution in [0.2, 0.25) is 0 Å². The van der Waals surface area contributed by atoms with E-state index in [0.717, 1.165) is 12.8 Å². The molecule has 3 heteroatoms. The first-order chi connectivity index (χ1) is 7.61. The lowest BCUT2D eigenvalue weighted by Gasteiger charge is -2.21. The van der Waals surface area contributed by atoms with Gasteiger partial charge in [0, 0.05) is 35.5 Å². The van der Waals surface area contributed by atoms with Crippen molar-refractivity contribution in [3.63, 3.8) is 0 Å². The van der Waals surface area contributed by atoms with Crippen LogP contribution in [0.25, 0.3) is 0 Å². The SMILES string of the molecule is [2H]c1nc(C2CCOCC2)c([2H])c(Br)c1[2H]. The van der Waals surface area contributed by atoms with E-state index in [9.17, 15) is 0 Å². The number of hydrogen-bond donors (Lipinski definition) is 0. The Labute approximate surface area is 90.7 Å². The molecule has 2 rings (SSSR count). The Morgan fingerprint density at radius 2 is 2.31 bits per heavy atom. The third kappa shape index (κ3) is 2.29. The van der Waals surface area contributed by atoms with Gasteiger partial charge < -0.3 is 4.74 Å². The molecule has 1 aliphatic heterocycles. The average Bonchev–Trinajstić information content (AvgIpc) is 2.32. The smallest absolute Gasteiger partial charge is 0.0840 e. The summed E-state index contributed by atoms with van der Waals surface area (Å²) in [6, 6.07) is 0.230. The molecule has 70 valence electrons. The van der Waals surface area contributed by atoms with Gasteiger partial charge in [-0.15, -0.1) is 0 Å². The maximum absolute atomic E-state index is 7.92. The zero-order valence-corrected chi connectivity index (χ0v) is 8.73. The van der Waals surface area contributed by atoms with E-state index in [-0.39, 0.29) is 24.2 Å². The molecule has 2 heterocycles. The quantitative estimate of drug-likeness (QED) is 0.758. The molecule has 0 aliphatic carbocycles. The minimum atomic E-state index is -0.0654. The molecular formula is C10H12BrNO. The number of pyridine rings is 1. The summed E-state index contributed by atoms with van der Waals surface area (Å²) in [7, 11) is 0. The summed E-state index contributed by atoms with van der Waals surface area (Å²) >= 11 is 3.18. The second-order valence-electron chi connectivity index (χ2n) is 3.06. The zero-order valence-electron chi connectivity index (χ0n) is 10.1. The fourth-order valence-electron chi connectivity index (χ4n) is 1.47. The molecule has 13 heavy (non-hydrogen) atoms. The molecule has 2 nitrogen and oxygen atoms in total. The van der Waals surface area contributed by atoms with Gasteiger partial charge >= 0.3 is 0 Å². The van der Waals surface area contributed by atoms with Crippen molar-refractivity contribution >= 4 is 15.9 Å². The highest BCUT2D eigenvalue weighted by Crippen LogP contribution is 2.26. The van der Waals surface area contributed by atoms with E-state index in [0.29, 0.717) is 23.4 Å². The summed E-state index contributed by atoms with van der Waals surface area (Å²) in [5, 5.41) is 0. The van der Waals surface area contributed by atoms with E-state index in [2.05, 4.69) is 20.9 Å². The third-order valence-electron chi connectivity index (χ3n) is 2.19. The van der Waals surface area contributed by atoms with E-state index < -0.39 is 0 Å². The molecule has 1 aromatic heterocycles. The number of aromatic nitrogens is 1. The van der Waals surface area contributed by atoms with Gasteiger partial charge in [0.05, 0.1) is 4.11 Å². The Hall–Kier alpha value is -0.410. The molecule has 0 bridgehead atoms. The Morgan fingerprint density at radius 3 is 3.08 bits per heavy atom. The lowest BCUT2D eigenvalue weighted by molar-refractivity contribution is 0.0845. The van der Waals surface area contributed by atoms with Crippen LogP contribution in [0.3, 0.4) is 0 Å². The third-order valence-corrected chi connectivity index (χ3v) is 2.58. The normalized spacial score (nSPS) is 22.1. The highest BCUT2D eigenvalue weighted by molar-refractivity contribution is 9.10. The summed E-state index contributed by atoms with van der Waals surface area (Å²) in [6.45, 7) is 1.36. The number of halogens is 1. The Balaban J connectivity index is 2.40. The van der Waals surface area contributed by atoms with E-state index >= 15 is 0 Å². The van der Waals surface area contributed by atoms with Crippen molar-refractivity contribution in [3.8, 4) is 0 Å². The molecule has 0 amide bonds. The van der Waals surface area contributed by atoms with Crippen LogP contribution in [0, 0.1) is 0 Å². The van der Waals surface area contributed by atoms with E-state index in [1.54, 1.807) is 0 Å². The minimum Gasteiger partial charge on any atom is -0.381 e. The van der Waals surface area contributed by atoms with Crippen LogP contribution in [0.4, 0.5) is 0 Å². The standard InChI is InChI=1S/C10H12BrNO/c11-9-1-4-12-10(7-9)8-2-5-13-6-3-8/h1,4,7-8H,2-3,5-6H2/i1D,4D,7D. The van der Waals surface area contributed by atoms with Crippen LogP contribution in [-0.4, -0.2) is 18.2 Å². The van der Waals surface area contributed by atoms with Crippen LogP contribution >= 0.6 is 15.9 Å². The maximum Gasteiger partial charge on any atom is 0.0840 e. The van der Waals surface area contributed by atoms with Crippen molar-refractivity contribution in [2.45, 2.75) is 18.8 Å². The lowest BCUT2D eigenvalue weighted by Crippen LogP contribution is -2.14. The van der Waals surface area contributed by atoms with Gasteiger partial charge in [-0.25, -0.2) is 0 Å². The van der Waals surface area contributed by atoms with E-state index in [4.69, 9.17) is 8.85 Å². The summed E-state index contributed by atoms with van der Waals surface area (Å²) in [6.07, 6.45) is 1.61. The predicted molar refractivity (Wildman–Crippen MR) is 54.7 cm³/mol. The van der Waals surface area contributed by atoms with E-state index in [1.807, 2.05) is 0 Å². The van der Waals surface area contributed by atoms with Crippen LogP contribution in [0.5, 0.6) is 0 Å². The predicted octanol–water partition coefficient (Wildman–Crippen LogP) is 2.74. The Kier molecular flexibility index (Phi) is 1.99. The number of rotatable bonds is 1. The molecule has 0 atom stereocenters. The summed E-state index contributed by atoms with van der Waals surface area (Å²) in [5.41, 5.74) is 0.621. The van der Waals surface area contributed by atoms with Gasteiger partial charge in [0.1, 0.15) is 0 Å². The molecule has 1 aliphatic rings. The number of ether oxygens (including phenoxy) is 1. The molecule has 0 aromatic carbocycles. The van der Waals surface area contributed by atoms with Crippen molar-refractivity contribution in [2.24, 2.45) is 0 Å². The van der Waals surface area contributed by atoms with Crippen LogP contribution in [0.15, 0.2) is 22.7 Å². The van der Waals surface area contributed by atoms with Crippen LogP contribution in [0.1, 0.15) is 28.6 Å². The number of nitrogens with zero attached hydrogens (tertiary/aromatic N) is 1. The van der Waals surface area contributed by atoms with Gasteiger partial charge in [-0.3, -0.25) is 4.98 Å². The first kappa shape index (κ1) is 6.14. The van der Waals surface area contributed by atoms with Gasteiger partial charge in [-0.1, -0.05) is 15.9 Å². The minimum absolute atomic E-state index is 0.0131. The van der Waals surface area contributed by atoms with Crippen LogP contribution in [-0.2, 0) is 4.74 Å². The molecule has 0 saturated carbocycles. The van der Waals surface area contributed by atoms with Gasteiger partial charge in [-0.05, 0) is 24.9 Å². The fraction of sp³-hybridized carbons (Fsp3) is 0.500. The second-order valence-corrected chi connectivity index (χ2v) is 3.85. The van der Waals surface area contributed by atoms with Gasteiger partial charge in [0.15, 0.2) is 0 Å². The number of hydrogen-bond acceptors (Lipinski definition) is 2. The molecule has 1 aromatic rings. The summed E-state index contributed by atoms with van der Waals surface area (Å²) in [5.74, 6) is 0.183. The van der Waals surface area contributed by atoms with Crippen molar-refractivity contribution in [1.29, 1.82) is 0 Å². The monoisotopic (exact) mass is 244 g/mol. The van der Waals surface area contributed by atoms with Gasteiger partial charge in [-0.2, -0.15) is 0 Å². The molecule has 0 spiro atoms. The first-order valence-electron chi connectivity index (χ1n) is 5.82. The first-order valence-corrected chi connectivity index (χ1v) is 5.11. The molecule has 0 radical (unpaired) electrons. The maximum atomic E-state index is 7.92. The van der Waals surface area contributed by atoms with Gasteiger partial charge in [0.25, 0.3) is 0 Å². The molecule has 1 fully saturated rings. The summed E-state index contributed by atoms with van der Waals surface area (Å²) in [4.78, 5) is 4.06. The van der Waals surface area contributed by atoms with Crippen molar-refractivity contribution in [1.82, 2.24) is 4.98 Å². The van der Waals surface area contributed by atoms with Crippen molar-refractivity contribution < 1.29 is 8.85 Å². The van der Waals surface area contributed by atoms with Crippen LogP contribution < -0.4 is 0 Å². The Morgan fingerprint density at radius 1 is 1.54 bits per heavy atom. The molecule has 1 saturated heterocycles. The van der Waals surface area contributed by atoms with Crippen molar-refractivity contribution in [2.75, 3.05) is 13.2 Å². The highest BCUT2D eigenvalue weighted by atomic mass is 79.9. The average molecular weight is 245 g/mol. The highest BCUT2D eigenvalue weighted by Gasteiger charge is 2.16. The van der Waals surface area contributed by atoms with Crippen molar-refractivity contribution in [3.05, 3.63) is 28.4 Å². The topological polar surface area (TPSA) is 22.1 Å².